The van der Waals surface area contributed by atoms with E-state index < -0.39 is 70.0 Å². The van der Waals surface area contributed by atoms with Gasteiger partial charge in [-0.05, 0) is 0 Å². The molecule has 0 spiro atoms. The van der Waals surface area contributed by atoms with Gasteiger partial charge in [-0.25, -0.2) is 17.5 Å². The zero-order valence-corrected chi connectivity index (χ0v) is 18.5. The molecule has 0 bridgehead atoms. The number of rotatable bonds is 11. The summed E-state index contributed by atoms with van der Waals surface area (Å²) < 4.78 is 249. The van der Waals surface area contributed by atoms with Crippen molar-refractivity contribution in [1.29, 1.82) is 0 Å². The van der Waals surface area contributed by atoms with Crippen molar-refractivity contribution in [3.63, 3.8) is 0 Å². The number of hydrogen-bond acceptors (Lipinski definition) is 2. The fraction of sp³-hybridized carbons (Fsp3) is 1.00. The average molecular weight is 599 g/mol. The van der Waals surface area contributed by atoms with Gasteiger partial charge in [-0.15, -0.1) is 0 Å². The van der Waals surface area contributed by atoms with Crippen LogP contribution in [0.1, 0.15) is 6.42 Å². The molecule has 0 aliphatic carbocycles. The Labute approximate surface area is 191 Å². The highest BCUT2D eigenvalue weighted by atomic mass is 32.2. The van der Waals surface area contributed by atoms with E-state index >= 15 is 0 Å². The van der Waals surface area contributed by atoms with Crippen LogP contribution in [-0.2, 0) is 10.0 Å². The van der Waals surface area contributed by atoms with Gasteiger partial charge in [0.25, 0.3) is 10.0 Å². The molecular formula is C14H16F17N2O2S+. The standard InChI is InChI=1S/C14H16F17N2O2S/c1-33(2,3)6-4-5-32-36(34,35)12(25,11(23,24)14(29,30)31)9(19,20)7(15,16)8(17,18)10(21,22)13(26,27)28/h32H,4-6H2,1-3H3/q+1. The number of halogens is 17. The predicted molar refractivity (Wildman–Crippen MR) is 85.1 cm³/mol. The lowest BCUT2D eigenvalue weighted by Gasteiger charge is -2.44. The van der Waals surface area contributed by atoms with Crippen LogP contribution in [0.2, 0.25) is 0 Å². The van der Waals surface area contributed by atoms with E-state index in [1.165, 1.54) is 21.1 Å². The van der Waals surface area contributed by atoms with Crippen LogP contribution in [0.5, 0.6) is 0 Å². The number of hydrogen-bond donors (Lipinski definition) is 1. The molecule has 218 valence electrons. The van der Waals surface area contributed by atoms with Crippen molar-refractivity contribution in [3.8, 4) is 0 Å². The topological polar surface area (TPSA) is 46.2 Å². The van der Waals surface area contributed by atoms with Gasteiger partial charge in [-0.2, -0.15) is 70.2 Å². The minimum absolute atomic E-state index is 0.159. The van der Waals surface area contributed by atoms with Gasteiger partial charge < -0.3 is 4.48 Å². The third-order valence-corrected chi connectivity index (χ3v) is 6.21. The van der Waals surface area contributed by atoms with Crippen LogP contribution in [0.25, 0.3) is 0 Å². The molecule has 1 N–H and O–H groups in total. The highest BCUT2D eigenvalue weighted by Gasteiger charge is 2.97. The maximum atomic E-state index is 14.8. The van der Waals surface area contributed by atoms with Crippen LogP contribution >= 0.6 is 0 Å². The Bertz CT molecular complexity index is 889. The van der Waals surface area contributed by atoms with Crippen molar-refractivity contribution >= 4 is 10.0 Å². The van der Waals surface area contributed by atoms with Gasteiger partial charge in [0.2, 0.25) is 0 Å². The summed E-state index contributed by atoms with van der Waals surface area (Å²) in [6, 6.07) is 0. The lowest BCUT2D eigenvalue weighted by atomic mass is 9.92. The van der Waals surface area contributed by atoms with Crippen molar-refractivity contribution in [1.82, 2.24) is 4.72 Å². The van der Waals surface area contributed by atoms with Gasteiger partial charge in [0, 0.05) is 13.0 Å². The van der Waals surface area contributed by atoms with Crippen molar-refractivity contribution in [2.75, 3.05) is 34.2 Å². The molecule has 0 amide bonds. The summed E-state index contributed by atoms with van der Waals surface area (Å²) in [7, 11) is -3.94. The number of sulfonamides is 1. The van der Waals surface area contributed by atoms with E-state index in [0.29, 0.717) is 0 Å². The van der Waals surface area contributed by atoms with Crippen LogP contribution in [0, 0.1) is 0 Å². The van der Waals surface area contributed by atoms with E-state index in [1.807, 2.05) is 0 Å². The zero-order valence-electron chi connectivity index (χ0n) is 17.7. The first kappa shape index (κ1) is 34.7. The highest BCUT2D eigenvalue weighted by molar-refractivity contribution is 7.90. The summed E-state index contributed by atoms with van der Waals surface area (Å²) in [6.07, 6.45) is -16.5. The Kier molecular flexibility index (Phi) is 8.82. The zero-order chi connectivity index (χ0) is 29.8. The van der Waals surface area contributed by atoms with Gasteiger partial charge in [0.15, 0.2) is 0 Å². The molecule has 0 aromatic rings. The molecule has 36 heavy (non-hydrogen) atoms. The first-order chi connectivity index (χ1) is 15.2. The average Bonchev–Trinajstić information content (AvgIpc) is 2.60. The molecule has 1 unspecified atom stereocenters. The number of quaternary nitrogens is 1. The molecule has 0 radical (unpaired) electrons. The summed E-state index contributed by atoms with van der Waals surface area (Å²) in [5.74, 6) is -42.9. The maximum absolute atomic E-state index is 14.8. The first-order valence-electron chi connectivity index (χ1n) is 8.72. The molecule has 0 aliphatic rings. The molecule has 4 nitrogen and oxygen atoms in total. The van der Waals surface area contributed by atoms with Crippen LogP contribution in [0.15, 0.2) is 0 Å². The third kappa shape index (κ3) is 5.17. The fourth-order valence-electron chi connectivity index (χ4n) is 2.35. The van der Waals surface area contributed by atoms with Gasteiger partial charge in [-0.1, -0.05) is 0 Å². The third-order valence-electron chi connectivity index (χ3n) is 4.37. The fourth-order valence-corrected chi connectivity index (χ4v) is 3.88. The molecule has 0 aromatic heterocycles. The van der Waals surface area contributed by atoms with Gasteiger partial charge in [0.1, 0.15) is 0 Å². The Morgan fingerprint density at radius 2 is 0.889 bits per heavy atom. The van der Waals surface area contributed by atoms with E-state index in [1.54, 1.807) is 0 Å². The van der Waals surface area contributed by atoms with E-state index in [2.05, 4.69) is 0 Å². The van der Waals surface area contributed by atoms with Crippen LogP contribution in [0.4, 0.5) is 74.6 Å². The molecular weight excluding hydrogens is 583 g/mol. The summed E-state index contributed by atoms with van der Waals surface area (Å²) in [5.41, 5.74) is 0. The minimum Gasteiger partial charge on any atom is -0.331 e. The summed E-state index contributed by atoms with van der Waals surface area (Å²) >= 11 is 0. The van der Waals surface area contributed by atoms with Crippen LogP contribution < -0.4 is 4.72 Å². The minimum atomic E-state index is -8.83. The summed E-state index contributed by atoms with van der Waals surface area (Å²) in [6.45, 7) is -1.87. The molecule has 0 rings (SSSR count). The number of nitrogens with zero attached hydrogens (tertiary/aromatic N) is 1. The van der Waals surface area contributed by atoms with Gasteiger partial charge >= 0.3 is 47.0 Å². The van der Waals surface area contributed by atoms with Gasteiger partial charge in [-0.3, -0.25) is 0 Å². The molecule has 0 aromatic carbocycles. The Morgan fingerprint density at radius 3 is 1.19 bits per heavy atom. The normalized spacial score (nSPS) is 17.8. The highest BCUT2D eigenvalue weighted by Crippen LogP contribution is 2.64. The van der Waals surface area contributed by atoms with Crippen LogP contribution in [-0.4, -0.2) is 94.1 Å². The lowest BCUT2D eigenvalue weighted by molar-refractivity contribution is -0.870. The van der Waals surface area contributed by atoms with E-state index in [4.69, 9.17) is 0 Å². The number of alkyl halides is 17. The molecule has 0 aliphatic heterocycles. The molecule has 1 atom stereocenters. The van der Waals surface area contributed by atoms with E-state index in [-0.39, 0.29) is 15.7 Å². The van der Waals surface area contributed by atoms with Crippen molar-refractivity contribution in [2.45, 2.75) is 53.4 Å². The smallest absolute Gasteiger partial charge is 0.331 e. The van der Waals surface area contributed by atoms with Crippen molar-refractivity contribution < 1.29 is 87.5 Å². The second-order valence-corrected chi connectivity index (χ2v) is 10.1. The summed E-state index contributed by atoms with van der Waals surface area (Å²) in [4.78, 5) is 0. The predicted octanol–water partition coefficient (Wildman–Crippen LogP) is 4.97. The monoisotopic (exact) mass is 599 g/mol. The quantitative estimate of drug-likeness (QED) is 0.207. The number of nitrogens with one attached hydrogen (secondary N) is 1. The van der Waals surface area contributed by atoms with Crippen molar-refractivity contribution in [2.24, 2.45) is 0 Å². The molecule has 0 fully saturated rings. The molecule has 0 saturated carbocycles. The van der Waals surface area contributed by atoms with Gasteiger partial charge in [0.05, 0.1) is 27.7 Å². The van der Waals surface area contributed by atoms with E-state index in [9.17, 15) is 83.1 Å². The second kappa shape index (κ2) is 9.16. The first-order valence-corrected chi connectivity index (χ1v) is 10.2. The molecule has 0 saturated heterocycles. The largest absolute Gasteiger partial charge is 0.460 e. The van der Waals surface area contributed by atoms with Crippen LogP contribution in [0.3, 0.4) is 0 Å². The second-order valence-electron chi connectivity index (χ2n) is 8.23. The summed E-state index contributed by atoms with van der Waals surface area (Å²) in [5, 5.41) is -8.28. The molecule has 22 heteroatoms. The molecule has 0 heterocycles. The Balaban J connectivity index is 7.19. The SMILES string of the molecule is C[N+](C)(C)CCCNS(=O)(=O)C(F)(C(F)(F)C(F)(F)F)C(F)(F)C(F)(F)C(F)(F)C(F)(F)C(F)(F)F. The van der Waals surface area contributed by atoms with Crippen molar-refractivity contribution in [3.05, 3.63) is 0 Å². The lowest BCUT2D eigenvalue weighted by Crippen LogP contribution is -2.78. The Hall–Kier alpha value is -1.32. The maximum Gasteiger partial charge on any atom is 0.460 e. The van der Waals surface area contributed by atoms with E-state index in [0.717, 1.165) is 0 Å². The Morgan fingerprint density at radius 1 is 0.556 bits per heavy atom.